The Kier molecular flexibility index (Phi) is 11.6. The first-order valence-electron chi connectivity index (χ1n) is 14.9. The number of benzene rings is 2. The number of halogens is 3. The van der Waals surface area contributed by atoms with Gasteiger partial charge in [-0.1, -0.05) is 12.0 Å². The van der Waals surface area contributed by atoms with Crippen molar-refractivity contribution in [2.75, 3.05) is 56.7 Å². The van der Waals surface area contributed by atoms with Gasteiger partial charge in [0.1, 0.15) is 6.54 Å². The highest BCUT2D eigenvalue weighted by molar-refractivity contribution is 7.90. The number of sulfone groups is 1. The molecule has 0 radical (unpaired) electrons. The molecule has 0 unspecified atom stereocenters. The Morgan fingerprint density at radius 2 is 1.80 bits per heavy atom. The largest absolute Gasteiger partial charge is 0.469 e. The number of anilines is 2. The molecule has 1 aliphatic heterocycles. The Labute approximate surface area is 266 Å². The van der Waals surface area contributed by atoms with Gasteiger partial charge < -0.3 is 25.3 Å². The van der Waals surface area contributed by atoms with Crippen molar-refractivity contribution in [1.29, 1.82) is 0 Å². The molecule has 3 N–H and O–H groups in total. The molecule has 2 aromatic carbocycles. The molecule has 0 spiro atoms. The van der Waals surface area contributed by atoms with Crippen LogP contribution in [0.2, 0.25) is 0 Å². The van der Waals surface area contributed by atoms with E-state index < -0.39 is 22.6 Å². The third-order valence-electron chi connectivity index (χ3n) is 7.58. The van der Waals surface area contributed by atoms with Crippen molar-refractivity contribution in [2.45, 2.75) is 49.3 Å². The van der Waals surface area contributed by atoms with Crippen LogP contribution in [0.4, 0.5) is 24.5 Å². The lowest BCUT2D eigenvalue weighted by molar-refractivity contribution is -0.141. The lowest BCUT2D eigenvalue weighted by Gasteiger charge is -2.32. The molecule has 46 heavy (non-hydrogen) atoms. The van der Waals surface area contributed by atoms with Gasteiger partial charge in [0.15, 0.2) is 9.84 Å². The van der Waals surface area contributed by atoms with Crippen molar-refractivity contribution in [3.8, 4) is 11.8 Å². The Morgan fingerprint density at radius 3 is 2.46 bits per heavy atom. The Hall–Kier alpha value is -4.22. The quantitative estimate of drug-likeness (QED) is 0.151. The van der Waals surface area contributed by atoms with Crippen molar-refractivity contribution < 1.29 is 35.9 Å². The number of likely N-dealkylation sites (tertiary alicyclic amines) is 1. The number of rotatable bonds is 12. The number of fused-ring (bicyclic) bond motifs is 1. The van der Waals surface area contributed by atoms with Gasteiger partial charge in [-0.25, -0.2) is 8.42 Å². The zero-order valence-corrected chi connectivity index (χ0v) is 26.6. The summed E-state index contributed by atoms with van der Waals surface area (Å²) in [5.74, 6) is 5.33. The molecule has 2 heterocycles. The second-order valence-electron chi connectivity index (χ2n) is 11.1. The first-order chi connectivity index (χ1) is 21.8. The van der Waals surface area contributed by atoms with Gasteiger partial charge in [0, 0.05) is 55.1 Å². The minimum atomic E-state index is -4.45. The topological polar surface area (TPSA) is 122 Å². The van der Waals surface area contributed by atoms with Gasteiger partial charge in [-0.15, -0.1) is 0 Å². The summed E-state index contributed by atoms with van der Waals surface area (Å²) in [6.07, 6.45) is -1.08. The van der Waals surface area contributed by atoms with E-state index >= 15 is 0 Å². The van der Waals surface area contributed by atoms with E-state index in [9.17, 15) is 31.2 Å². The van der Waals surface area contributed by atoms with E-state index in [1.165, 1.54) is 23.8 Å². The standard InChI is InChI=1S/C32H38F3N5O5S/c1-45-31(42)9-5-17-37-30(41)21-39-18-14-24(15-19-39)38-28-7-3-8-29-27(28)20-25(40(29)22-32(33,34)35)6-4-16-36-23-10-12-26(13-11-23)46(2,43)44/h3,7-8,10-13,20,24,36,38H,5,9,14-19,21-22H2,1-2H3,(H,37,41). The second-order valence-corrected chi connectivity index (χ2v) is 13.2. The summed E-state index contributed by atoms with van der Waals surface area (Å²) in [4.78, 5) is 25.7. The molecule has 14 heteroatoms. The van der Waals surface area contributed by atoms with Gasteiger partial charge >= 0.3 is 12.1 Å². The van der Waals surface area contributed by atoms with E-state index in [0.717, 1.165) is 19.1 Å². The highest BCUT2D eigenvalue weighted by Crippen LogP contribution is 2.31. The van der Waals surface area contributed by atoms with Crippen LogP contribution in [0.25, 0.3) is 10.9 Å². The highest BCUT2D eigenvalue weighted by Gasteiger charge is 2.30. The van der Waals surface area contributed by atoms with Gasteiger partial charge in [-0.3, -0.25) is 14.5 Å². The number of piperidine rings is 1. The fourth-order valence-electron chi connectivity index (χ4n) is 5.24. The van der Waals surface area contributed by atoms with E-state index in [1.807, 2.05) is 6.07 Å². The SMILES string of the molecule is COC(=O)CCCNC(=O)CN1CCC(Nc2cccc3c2cc(C#CCNc2ccc(S(C)(=O)=O)cc2)n3CC(F)(F)F)CC1. The molecular formula is C32H38F3N5O5S. The molecule has 3 aromatic rings. The number of nitrogens with one attached hydrogen (secondary N) is 3. The van der Waals surface area contributed by atoms with Crippen LogP contribution in [-0.2, 0) is 30.7 Å². The third kappa shape index (κ3) is 10.1. The maximum absolute atomic E-state index is 13.6. The summed E-state index contributed by atoms with van der Waals surface area (Å²) in [5, 5.41) is 9.98. The highest BCUT2D eigenvalue weighted by atomic mass is 32.2. The van der Waals surface area contributed by atoms with Crippen molar-refractivity contribution in [3.05, 3.63) is 54.2 Å². The number of ether oxygens (including phenoxy) is 1. The lowest BCUT2D eigenvalue weighted by Crippen LogP contribution is -2.44. The summed E-state index contributed by atoms with van der Waals surface area (Å²) in [6, 6.07) is 13.1. The number of carbonyl (C=O) groups is 2. The molecule has 10 nitrogen and oxygen atoms in total. The van der Waals surface area contributed by atoms with Crippen molar-refractivity contribution in [3.63, 3.8) is 0 Å². The van der Waals surface area contributed by atoms with Crippen LogP contribution in [0.15, 0.2) is 53.4 Å². The zero-order chi connectivity index (χ0) is 33.3. The van der Waals surface area contributed by atoms with Crippen LogP contribution < -0.4 is 16.0 Å². The molecule has 248 valence electrons. The minimum absolute atomic E-state index is 0.0729. The smallest absolute Gasteiger partial charge is 0.406 e. The number of aromatic nitrogens is 1. The summed E-state index contributed by atoms with van der Waals surface area (Å²) < 4.78 is 69.9. The molecule has 0 bridgehead atoms. The molecule has 1 saturated heterocycles. The van der Waals surface area contributed by atoms with Crippen LogP contribution in [0.3, 0.4) is 0 Å². The number of methoxy groups -OCH3 is 1. The monoisotopic (exact) mass is 661 g/mol. The van der Waals surface area contributed by atoms with E-state index in [4.69, 9.17) is 0 Å². The fourth-order valence-corrected chi connectivity index (χ4v) is 5.87. The van der Waals surface area contributed by atoms with E-state index in [1.54, 1.807) is 30.3 Å². The van der Waals surface area contributed by atoms with Gasteiger partial charge in [0.25, 0.3) is 0 Å². The van der Waals surface area contributed by atoms with Gasteiger partial charge in [-0.05, 0) is 67.6 Å². The summed E-state index contributed by atoms with van der Waals surface area (Å²) in [7, 11) is -2.00. The molecule has 0 saturated carbocycles. The molecule has 4 rings (SSSR count). The molecule has 1 fully saturated rings. The van der Waals surface area contributed by atoms with Gasteiger partial charge in [-0.2, -0.15) is 13.2 Å². The third-order valence-corrected chi connectivity index (χ3v) is 8.71. The Bertz CT molecular complexity index is 1690. The number of carbonyl (C=O) groups excluding carboxylic acids is 2. The summed E-state index contributed by atoms with van der Waals surface area (Å²) >= 11 is 0. The second kappa shape index (κ2) is 15.4. The summed E-state index contributed by atoms with van der Waals surface area (Å²) in [6.45, 7) is 0.962. The van der Waals surface area contributed by atoms with E-state index in [-0.39, 0.29) is 48.0 Å². The van der Waals surface area contributed by atoms with Crippen LogP contribution in [-0.4, -0.2) is 88.1 Å². The molecular weight excluding hydrogens is 623 g/mol. The first kappa shape index (κ1) is 34.6. The Morgan fingerprint density at radius 1 is 1.09 bits per heavy atom. The minimum Gasteiger partial charge on any atom is -0.469 e. The van der Waals surface area contributed by atoms with Crippen molar-refractivity contribution in [2.24, 2.45) is 0 Å². The predicted octanol–water partition coefficient (Wildman–Crippen LogP) is 4.02. The number of amides is 1. The van der Waals surface area contributed by atoms with Crippen LogP contribution in [0.1, 0.15) is 31.4 Å². The number of hydrogen-bond acceptors (Lipinski definition) is 8. The average Bonchev–Trinajstić information content (AvgIpc) is 3.34. The van der Waals surface area contributed by atoms with Gasteiger partial charge in [0.2, 0.25) is 5.91 Å². The molecule has 1 amide bonds. The van der Waals surface area contributed by atoms with Crippen molar-refractivity contribution in [1.82, 2.24) is 14.8 Å². The normalized spacial score (nSPS) is 14.4. The van der Waals surface area contributed by atoms with Crippen LogP contribution in [0.5, 0.6) is 0 Å². The number of nitrogens with zero attached hydrogens (tertiary/aromatic N) is 2. The molecule has 1 aromatic heterocycles. The average molecular weight is 662 g/mol. The van der Waals surface area contributed by atoms with Gasteiger partial charge in [0.05, 0.1) is 36.3 Å². The number of alkyl halides is 3. The van der Waals surface area contributed by atoms with E-state index in [0.29, 0.717) is 48.3 Å². The first-order valence-corrected chi connectivity index (χ1v) is 16.8. The fraction of sp³-hybridized carbons (Fsp3) is 0.438. The van der Waals surface area contributed by atoms with Crippen LogP contribution >= 0.6 is 0 Å². The maximum Gasteiger partial charge on any atom is 0.406 e. The predicted molar refractivity (Wildman–Crippen MR) is 170 cm³/mol. The number of hydrogen-bond donors (Lipinski definition) is 3. The Balaban J connectivity index is 1.38. The molecule has 0 aliphatic carbocycles. The van der Waals surface area contributed by atoms with E-state index in [2.05, 4.69) is 37.4 Å². The van der Waals surface area contributed by atoms with Crippen molar-refractivity contribution >= 4 is 44.0 Å². The summed E-state index contributed by atoms with van der Waals surface area (Å²) in [5.41, 5.74) is 1.99. The molecule has 0 atom stereocenters. The number of esters is 1. The zero-order valence-electron chi connectivity index (χ0n) is 25.7. The lowest BCUT2D eigenvalue weighted by atomic mass is 10.0. The van der Waals surface area contributed by atoms with Crippen LogP contribution in [0, 0.1) is 11.8 Å². The molecule has 1 aliphatic rings. The maximum atomic E-state index is 13.6.